The summed E-state index contributed by atoms with van der Waals surface area (Å²) in [7, 11) is 0. The summed E-state index contributed by atoms with van der Waals surface area (Å²) in [5.74, 6) is -1.40. The van der Waals surface area contributed by atoms with E-state index in [1.807, 2.05) is 0 Å². The van der Waals surface area contributed by atoms with Crippen molar-refractivity contribution in [1.82, 2.24) is 14.9 Å². The normalized spacial score (nSPS) is 10.2. The highest BCUT2D eigenvalue weighted by atomic mass is 19.1. The second-order valence-corrected chi connectivity index (χ2v) is 4.12. The SMILES string of the molecule is O=C(NCCn1cnccc1=O)Nc1cc(F)ccc1F. The Morgan fingerprint density at radius 1 is 1.29 bits per heavy atom. The molecule has 2 N–H and O–H groups in total. The number of aromatic nitrogens is 2. The molecule has 2 rings (SSSR count). The van der Waals surface area contributed by atoms with E-state index in [1.165, 1.54) is 23.2 Å². The van der Waals surface area contributed by atoms with E-state index in [4.69, 9.17) is 0 Å². The molecule has 1 aromatic carbocycles. The van der Waals surface area contributed by atoms with Crippen LogP contribution in [-0.2, 0) is 6.54 Å². The van der Waals surface area contributed by atoms with Gasteiger partial charge in [-0.1, -0.05) is 0 Å². The first-order chi connectivity index (χ1) is 10.1. The number of carbonyl (C=O) groups is 1. The van der Waals surface area contributed by atoms with Crippen LogP contribution in [0.4, 0.5) is 19.3 Å². The number of nitrogens with zero attached hydrogens (tertiary/aromatic N) is 2. The van der Waals surface area contributed by atoms with E-state index in [1.54, 1.807) is 0 Å². The summed E-state index contributed by atoms with van der Waals surface area (Å²) in [6.07, 6.45) is 2.71. The van der Waals surface area contributed by atoms with Gasteiger partial charge < -0.3 is 10.6 Å². The molecule has 0 aliphatic carbocycles. The lowest BCUT2D eigenvalue weighted by molar-refractivity contribution is 0.251. The molecule has 0 unspecified atom stereocenters. The molecule has 2 amide bonds. The fourth-order valence-electron chi connectivity index (χ4n) is 1.60. The van der Waals surface area contributed by atoms with Crippen LogP contribution in [0.2, 0.25) is 0 Å². The van der Waals surface area contributed by atoms with Gasteiger partial charge >= 0.3 is 6.03 Å². The summed E-state index contributed by atoms with van der Waals surface area (Å²) in [4.78, 5) is 26.7. The van der Waals surface area contributed by atoms with Crippen LogP contribution in [0.3, 0.4) is 0 Å². The van der Waals surface area contributed by atoms with Gasteiger partial charge in [-0.15, -0.1) is 0 Å². The van der Waals surface area contributed by atoms with Gasteiger partial charge in [0.15, 0.2) is 0 Å². The Hall–Kier alpha value is -2.77. The van der Waals surface area contributed by atoms with E-state index in [9.17, 15) is 18.4 Å². The zero-order chi connectivity index (χ0) is 15.2. The predicted octanol–water partition coefficient (Wildman–Crippen LogP) is 1.34. The van der Waals surface area contributed by atoms with Crippen LogP contribution in [0.25, 0.3) is 0 Å². The molecule has 0 atom stereocenters. The summed E-state index contributed by atoms with van der Waals surface area (Å²) < 4.78 is 27.5. The van der Waals surface area contributed by atoms with Crippen molar-refractivity contribution in [1.29, 1.82) is 0 Å². The van der Waals surface area contributed by atoms with Crippen LogP contribution in [-0.4, -0.2) is 22.1 Å². The summed E-state index contributed by atoms with van der Waals surface area (Å²) in [5, 5.41) is 4.61. The molecule has 6 nitrogen and oxygen atoms in total. The van der Waals surface area contributed by atoms with Crippen LogP contribution < -0.4 is 16.2 Å². The number of hydrogen-bond acceptors (Lipinski definition) is 3. The van der Waals surface area contributed by atoms with Crippen LogP contribution >= 0.6 is 0 Å². The number of urea groups is 1. The van der Waals surface area contributed by atoms with E-state index in [0.717, 1.165) is 18.2 Å². The Morgan fingerprint density at radius 2 is 2.10 bits per heavy atom. The van der Waals surface area contributed by atoms with Crippen LogP contribution in [0.5, 0.6) is 0 Å². The Labute approximate surface area is 118 Å². The topological polar surface area (TPSA) is 76.0 Å². The van der Waals surface area contributed by atoms with Gasteiger partial charge in [0.25, 0.3) is 5.56 Å². The number of rotatable bonds is 4. The minimum absolute atomic E-state index is 0.133. The molecule has 0 fully saturated rings. The van der Waals surface area contributed by atoms with Crippen molar-refractivity contribution in [3.8, 4) is 0 Å². The molecule has 21 heavy (non-hydrogen) atoms. The maximum Gasteiger partial charge on any atom is 0.319 e. The van der Waals surface area contributed by atoms with Crippen molar-refractivity contribution in [2.75, 3.05) is 11.9 Å². The van der Waals surface area contributed by atoms with Crippen LogP contribution in [0, 0.1) is 11.6 Å². The van der Waals surface area contributed by atoms with Crippen molar-refractivity contribution in [2.45, 2.75) is 6.54 Å². The van der Waals surface area contributed by atoms with Crippen LogP contribution in [0.15, 0.2) is 41.6 Å². The van der Waals surface area contributed by atoms with Gasteiger partial charge in [-0.05, 0) is 12.1 Å². The Balaban J connectivity index is 1.87. The van der Waals surface area contributed by atoms with E-state index in [-0.39, 0.29) is 24.3 Å². The molecule has 8 heteroatoms. The smallest absolute Gasteiger partial charge is 0.319 e. The van der Waals surface area contributed by atoms with Gasteiger partial charge in [0.1, 0.15) is 11.6 Å². The molecule has 110 valence electrons. The third kappa shape index (κ3) is 4.10. The molecule has 2 aromatic rings. The highest BCUT2D eigenvalue weighted by Gasteiger charge is 2.07. The quantitative estimate of drug-likeness (QED) is 0.893. The number of halogens is 2. The molecule has 1 aromatic heterocycles. The number of benzene rings is 1. The average Bonchev–Trinajstić information content (AvgIpc) is 2.45. The molecule has 0 aliphatic rings. The third-order valence-electron chi connectivity index (χ3n) is 2.61. The van der Waals surface area contributed by atoms with E-state index >= 15 is 0 Å². The van der Waals surface area contributed by atoms with E-state index in [0.29, 0.717) is 0 Å². The maximum atomic E-state index is 13.3. The molecule has 0 saturated heterocycles. The van der Waals surface area contributed by atoms with Gasteiger partial charge in [-0.25, -0.2) is 18.6 Å². The largest absolute Gasteiger partial charge is 0.336 e. The Bertz CT molecular complexity index is 703. The van der Waals surface area contributed by atoms with E-state index < -0.39 is 17.7 Å². The second kappa shape index (κ2) is 6.60. The lowest BCUT2D eigenvalue weighted by atomic mass is 10.3. The Kier molecular flexibility index (Phi) is 4.60. The first-order valence-corrected chi connectivity index (χ1v) is 6.06. The summed E-state index contributed by atoms with van der Waals surface area (Å²) >= 11 is 0. The zero-order valence-electron chi connectivity index (χ0n) is 10.8. The number of carbonyl (C=O) groups excluding carboxylic acids is 1. The van der Waals surface area contributed by atoms with Gasteiger partial charge in [-0.3, -0.25) is 9.36 Å². The second-order valence-electron chi connectivity index (χ2n) is 4.12. The number of anilines is 1. The standard InChI is InChI=1S/C13H12F2N4O2/c14-9-1-2-10(15)11(7-9)18-13(21)17-5-6-19-8-16-4-3-12(19)20/h1-4,7-8H,5-6H2,(H2,17,18,21). The van der Waals surface area contributed by atoms with Crippen molar-refractivity contribution in [3.05, 3.63) is 58.8 Å². The molecule has 0 spiro atoms. The Morgan fingerprint density at radius 3 is 2.86 bits per heavy atom. The summed E-state index contributed by atoms with van der Waals surface area (Å²) in [5.41, 5.74) is -0.505. The fourth-order valence-corrected chi connectivity index (χ4v) is 1.60. The number of nitrogens with one attached hydrogen (secondary N) is 2. The summed E-state index contributed by atoms with van der Waals surface area (Å²) in [6, 6.07) is 3.34. The van der Waals surface area contributed by atoms with Crippen molar-refractivity contribution < 1.29 is 13.6 Å². The molecule has 0 bridgehead atoms. The van der Waals surface area contributed by atoms with E-state index in [2.05, 4.69) is 15.6 Å². The molecule has 0 aliphatic heterocycles. The fraction of sp³-hybridized carbons (Fsp3) is 0.154. The minimum Gasteiger partial charge on any atom is -0.336 e. The summed E-state index contributed by atoms with van der Waals surface area (Å²) in [6.45, 7) is 0.347. The molecular formula is C13H12F2N4O2. The lowest BCUT2D eigenvalue weighted by Crippen LogP contribution is -2.33. The van der Waals surface area contributed by atoms with Crippen molar-refractivity contribution in [3.63, 3.8) is 0 Å². The first kappa shape index (κ1) is 14.6. The average molecular weight is 294 g/mol. The zero-order valence-corrected chi connectivity index (χ0v) is 10.8. The monoisotopic (exact) mass is 294 g/mol. The van der Waals surface area contributed by atoms with Crippen molar-refractivity contribution in [2.24, 2.45) is 0 Å². The molecule has 0 saturated carbocycles. The third-order valence-corrected chi connectivity index (χ3v) is 2.61. The van der Waals surface area contributed by atoms with Crippen molar-refractivity contribution >= 4 is 11.7 Å². The maximum absolute atomic E-state index is 13.3. The molecule has 1 heterocycles. The van der Waals surface area contributed by atoms with Gasteiger partial charge in [0.2, 0.25) is 0 Å². The molecule has 0 radical (unpaired) electrons. The van der Waals surface area contributed by atoms with Crippen LogP contribution in [0.1, 0.15) is 0 Å². The lowest BCUT2D eigenvalue weighted by Gasteiger charge is -2.09. The van der Waals surface area contributed by atoms with Gasteiger partial charge in [0, 0.05) is 31.4 Å². The predicted molar refractivity (Wildman–Crippen MR) is 71.9 cm³/mol. The highest BCUT2D eigenvalue weighted by Crippen LogP contribution is 2.14. The minimum atomic E-state index is -0.741. The molecular weight excluding hydrogens is 282 g/mol. The first-order valence-electron chi connectivity index (χ1n) is 6.06. The van der Waals surface area contributed by atoms with Gasteiger partial charge in [0.05, 0.1) is 12.0 Å². The van der Waals surface area contributed by atoms with Gasteiger partial charge in [-0.2, -0.15) is 0 Å². The number of amides is 2. The highest BCUT2D eigenvalue weighted by molar-refractivity contribution is 5.89. The number of hydrogen-bond donors (Lipinski definition) is 2.